The van der Waals surface area contributed by atoms with E-state index in [9.17, 15) is 4.79 Å². The zero-order chi connectivity index (χ0) is 12.5. The predicted molar refractivity (Wildman–Crippen MR) is 66.4 cm³/mol. The molecular weight excluding hydrogens is 232 g/mol. The van der Waals surface area contributed by atoms with Gasteiger partial charge < -0.3 is 14.8 Å². The van der Waals surface area contributed by atoms with Gasteiger partial charge in [0.25, 0.3) is 6.01 Å². The Hall–Kier alpha value is -2.04. The Labute approximate surface area is 104 Å². The van der Waals surface area contributed by atoms with E-state index in [4.69, 9.17) is 9.52 Å². The van der Waals surface area contributed by atoms with Gasteiger partial charge in [-0.25, -0.2) is 0 Å². The molecule has 0 saturated heterocycles. The van der Waals surface area contributed by atoms with E-state index in [1.165, 1.54) is 0 Å². The fourth-order valence-electron chi connectivity index (χ4n) is 2.45. The van der Waals surface area contributed by atoms with E-state index in [0.29, 0.717) is 18.9 Å². The maximum Gasteiger partial charge on any atom is 0.306 e. The van der Waals surface area contributed by atoms with Gasteiger partial charge in [0.15, 0.2) is 5.58 Å². The van der Waals surface area contributed by atoms with Crippen molar-refractivity contribution in [3.05, 3.63) is 24.3 Å². The Morgan fingerprint density at radius 1 is 1.39 bits per heavy atom. The van der Waals surface area contributed by atoms with Gasteiger partial charge in [-0.15, -0.1) is 0 Å². The summed E-state index contributed by atoms with van der Waals surface area (Å²) in [6.45, 7) is 0. The van der Waals surface area contributed by atoms with Crippen LogP contribution in [-0.4, -0.2) is 22.1 Å². The van der Waals surface area contributed by atoms with E-state index in [0.717, 1.165) is 17.5 Å². The lowest BCUT2D eigenvalue weighted by Crippen LogP contribution is -2.17. The molecule has 1 fully saturated rings. The van der Waals surface area contributed by atoms with Gasteiger partial charge >= 0.3 is 5.97 Å². The number of aliphatic carboxylic acids is 1. The van der Waals surface area contributed by atoms with Crippen molar-refractivity contribution >= 4 is 23.1 Å². The number of carbonyl (C=O) groups is 1. The molecule has 2 unspecified atom stereocenters. The second-order valence-corrected chi connectivity index (χ2v) is 4.68. The number of aromatic nitrogens is 1. The molecule has 1 aliphatic carbocycles. The number of fused-ring (bicyclic) bond motifs is 1. The lowest BCUT2D eigenvalue weighted by atomic mass is 10.1. The van der Waals surface area contributed by atoms with Crippen molar-refractivity contribution in [2.24, 2.45) is 5.92 Å². The minimum Gasteiger partial charge on any atom is -0.481 e. The highest BCUT2D eigenvalue weighted by Crippen LogP contribution is 2.29. The number of oxazole rings is 1. The summed E-state index contributed by atoms with van der Waals surface area (Å²) >= 11 is 0. The van der Waals surface area contributed by atoms with Gasteiger partial charge in [0.1, 0.15) is 5.52 Å². The maximum absolute atomic E-state index is 10.9. The lowest BCUT2D eigenvalue weighted by Gasteiger charge is -2.09. The minimum atomic E-state index is -0.711. The fraction of sp³-hybridized carbons (Fsp3) is 0.385. The van der Waals surface area contributed by atoms with E-state index < -0.39 is 5.97 Å². The summed E-state index contributed by atoms with van der Waals surface area (Å²) in [7, 11) is 0. The number of anilines is 1. The molecular formula is C13H14N2O3. The second-order valence-electron chi connectivity index (χ2n) is 4.68. The lowest BCUT2D eigenvalue weighted by molar-refractivity contribution is -0.141. The van der Waals surface area contributed by atoms with Crippen molar-refractivity contribution in [2.45, 2.75) is 25.3 Å². The largest absolute Gasteiger partial charge is 0.481 e. The van der Waals surface area contributed by atoms with Crippen molar-refractivity contribution in [3.63, 3.8) is 0 Å². The molecule has 2 aromatic rings. The third-order valence-electron chi connectivity index (χ3n) is 3.40. The van der Waals surface area contributed by atoms with Crippen LogP contribution in [0.5, 0.6) is 0 Å². The van der Waals surface area contributed by atoms with Crippen LogP contribution in [0.2, 0.25) is 0 Å². The van der Waals surface area contributed by atoms with E-state index in [-0.39, 0.29) is 12.0 Å². The number of para-hydroxylation sites is 2. The van der Waals surface area contributed by atoms with Gasteiger partial charge in [-0.2, -0.15) is 4.98 Å². The Morgan fingerprint density at radius 3 is 2.94 bits per heavy atom. The van der Waals surface area contributed by atoms with Crippen LogP contribution < -0.4 is 5.32 Å². The first-order valence-corrected chi connectivity index (χ1v) is 6.07. The smallest absolute Gasteiger partial charge is 0.306 e. The SMILES string of the molecule is O=C(O)C1CCC(Nc2nc3ccccc3o2)C1. The average Bonchev–Trinajstić information content (AvgIpc) is 2.94. The first-order valence-electron chi connectivity index (χ1n) is 6.07. The average molecular weight is 246 g/mol. The second kappa shape index (κ2) is 4.33. The van der Waals surface area contributed by atoms with Crippen LogP contribution in [-0.2, 0) is 4.79 Å². The summed E-state index contributed by atoms with van der Waals surface area (Å²) in [6.07, 6.45) is 2.19. The molecule has 18 heavy (non-hydrogen) atoms. The summed E-state index contributed by atoms with van der Waals surface area (Å²) in [5.74, 6) is -0.955. The minimum absolute atomic E-state index is 0.138. The molecule has 0 radical (unpaired) electrons. The maximum atomic E-state index is 10.9. The molecule has 1 saturated carbocycles. The zero-order valence-electron chi connectivity index (χ0n) is 9.80. The first kappa shape index (κ1) is 11.1. The fourth-order valence-corrected chi connectivity index (χ4v) is 2.45. The zero-order valence-corrected chi connectivity index (χ0v) is 9.80. The highest BCUT2D eigenvalue weighted by atomic mass is 16.4. The molecule has 0 amide bonds. The Morgan fingerprint density at radius 2 is 2.22 bits per heavy atom. The Kier molecular flexibility index (Phi) is 2.66. The van der Waals surface area contributed by atoms with Gasteiger partial charge in [0.05, 0.1) is 5.92 Å². The molecule has 2 atom stereocenters. The van der Waals surface area contributed by atoms with Crippen LogP contribution in [0.3, 0.4) is 0 Å². The summed E-state index contributed by atoms with van der Waals surface area (Å²) in [5.41, 5.74) is 1.56. The normalized spacial score (nSPS) is 23.3. The number of hydrogen-bond donors (Lipinski definition) is 2. The molecule has 2 N–H and O–H groups in total. The third kappa shape index (κ3) is 2.03. The number of nitrogens with zero attached hydrogens (tertiary/aromatic N) is 1. The summed E-state index contributed by atoms with van der Waals surface area (Å²) in [6, 6.07) is 8.17. The molecule has 5 heteroatoms. The first-order chi connectivity index (χ1) is 8.72. The van der Waals surface area contributed by atoms with Crippen LogP contribution in [0.15, 0.2) is 28.7 Å². The van der Waals surface area contributed by atoms with Crippen LogP contribution in [0.1, 0.15) is 19.3 Å². The molecule has 94 valence electrons. The number of hydrogen-bond acceptors (Lipinski definition) is 4. The quantitative estimate of drug-likeness (QED) is 0.870. The highest BCUT2D eigenvalue weighted by molar-refractivity contribution is 5.74. The molecule has 5 nitrogen and oxygen atoms in total. The summed E-state index contributed by atoms with van der Waals surface area (Å²) in [4.78, 5) is 15.2. The van der Waals surface area contributed by atoms with Crippen molar-refractivity contribution < 1.29 is 14.3 Å². The van der Waals surface area contributed by atoms with E-state index in [1.807, 2.05) is 24.3 Å². The molecule has 0 bridgehead atoms. The number of rotatable bonds is 3. The van der Waals surface area contributed by atoms with Crippen molar-refractivity contribution in [1.29, 1.82) is 0 Å². The number of carboxylic acids is 1. The van der Waals surface area contributed by atoms with Gasteiger partial charge in [0, 0.05) is 6.04 Å². The van der Waals surface area contributed by atoms with Crippen LogP contribution in [0.25, 0.3) is 11.1 Å². The topological polar surface area (TPSA) is 75.4 Å². The molecule has 1 aliphatic rings. The van der Waals surface area contributed by atoms with Crippen LogP contribution >= 0.6 is 0 Å². The monoisotopic (exact) mass is 246 g/mol. The molecule has 1 aromatic carbocycles. The van der Waals surface area contributed by atoms with E-state index in [2.05, 4.69) is 10.3 Å². The number of carboxylic acid groups (broad SMARTS) is 1. The molecule has 1 heterocycles. The van der Waals surface area contributed by atoms with E-state index in [1.54, 1.807) is 0 Å². The standard InChI is InChI=1S/C13H14N2O3/c16-12(17)8-5-6-9(7-8)14-13-15-10-3-1-2-4-11(10)18-13/h1-4,8-9H,5-7H2,(H,14,15)(H,16,17). The predicted octanol–water partition coefficient (Wildman–Crippen LogP) is 2.49. The molecule has 0 spiro atoms. The number of benzene rings is 1. The molecule has 0 aliphatic heterocycles. The van der Waals surface area contributed by atoms with Gasteiger partial charge in [-0.05, 0) is 31.4 Å². The van der Waals surface area contributed by atoms with Gasteiger partial charge in [-0.3, -0.25) is 4.79 Å². The summed E-state index contributed by atoms with van der Waals surface area (Å²) < 4.78 is 5.56. The van der Waals surface area contributed by atoms with Crippen molar-refractivity contribution in [1.82, 2.24) is 4.98 Å². The highest BCUT2D eigenvalue weighted by Gasteiger charge is 2.30. The van der Waals surface area contributed by atoms with Gasteiger partial charge in [0.2, 0.25) is 0 Å². The Balaban J connectivity index is 1.71. The molecule has 1 aromatic heterocycles. The number of nitrogens with one attached hydrogen (secondary N) is 1. The van der Waals surface area contributed by atoms with Crippen LogP contribution in [0, 0.1) is 5.92 Å². The van der Waals surface area contributed by atoms with Gasteiger partial charge in [-0.1, -0.05) is 12.1 Å². The molecule has 3 rings (SSSR count). The van der Waals surface area contributed by atoms with E-state index >= 15 is 0 Å². The Bertz CT molecular complexity index is 545. The van der Waals surface area contributed by atoms with Crippen molar-refractivity contribution in [2.75, 3.05) is 5.32 Å². The summed E-state index contributed by atoms with van der Waals surface area (Å²) in [5, 5.41) is 12.1. The van der Waals surface area contributed by atoms with Crippen LogP contribution in [0.4, 0.5) is 6.01 Å². The van der Waals surface area contributed by atoms with Crippen molar-refractivity contribution in [3.8, 4) is 0 Å². The third-order valence-corrected chi connectivity index (χ3v) is 3.40.